The topological polar surface area (TPSA) is 0 Å². The van der Waals surface area contributed by atoms with E-state index >= 15 is 0 Å². The molecule has 0 saturated heterocycles. The molecule has 0 nitrogen and oxygen atoms in total. The summed E-state index contributed by atoms with van der Waals surface area (Å²) in [4.78, 5) is 0. The molecule has 0 atom stereocenters. The number of hydrogen-bond donors (Lipinski definition) is 0. The molecule has 0 radical (unpaired) electrons. The Labute approximate surface area is 183 Å². The maximum Gasteiger partial charge on any atom is 2.00 e. The summed E-state index contributed by atoms with van der Waals surface area (Å²) < 4.78 is 0. The molecule has 0 bridgehead atoms. The fraction of sp³-hybridized carbons (Fsp3) is 0.273. The van der Waals surface area contributed by atoms with E-state index in [9.17, 15) is 0 Å². The second-order valence-corrected chi connectivity index (χ2v) is 6.86. The zero-order valence-corrected chi connectivity index (χ0v) is 18.8. The average Bonchev–Trinajstić information content (AvgIpc) is 3.15. The second kappa shape index (κ2) is 10.5. The maximum absolute atomic E-state index is 3.30. The Morgan fingerprint density at radius 3 is 2.20 bits per heavy atom. The predicted molar refractivity (Wildman–Crippen MR) is 93.5 cm³/mol. The summed E-state index contributed by atoms with van der Waals surface area (Å²) in [6, 6.07) is 18.1. The van der Waals surface area contributed by atoms with Crippen LogP contribution in [0.5, 0.6) is 0 Å². The van der Waals surface area contributed by atoms with Crippen molar-refractivity contribution in [3.05, 3.63) is 83.5 Å². The first-order valence-corrected chi connectivity index (χ1v) is 7.91. The minimum absolute atomic E-state index is 0. The van der Waals surface area contributed by atoms with Crippen LogP contribution in [0.2, 0.25) is 0 Å². The number of allylic oxidation sites excluding steroid dienone is 4. The summed E-state index contributed by atoms with van der Waals surface area (Å²) in [7, 11) is 0. The van der Waals surface area contributed by atoms with Gasteiger partial charge in [0.05, 0.1) is 0 Å². The van der Waals surface area contributed by atoms with Crippen LogP contribution in [-0.2, 0) is 32.6 Å². The molecule has 0 N–H and O–H groups in total. The van der Waals surface area contributed by atoms with Gasteiger partial charge in [-0.3, -0.25) is 6.08 Å². The van der Waals surface area contributed by atoms with E-state index in [1.807, 2.05) is 6.07 Å². The molecule has 3 heteroatoms. The zero-order chi connectivity index (χ0) is 15.6. The Morgan fingerprint density at radius 1 is 0.920 bits per heavy atom. The molecule has 2 aliphatic carbocycles. The van der Waals surface area contributed by atoms with Gasteiger partial charge in [0.1, 0.15) is 0 Å². The molecule has 4 rings (SSSR count). The standard InChI is InChI=1S/C13H9.C9H13.2ClH.Zr/c1-3-7-12-10(5-1)9-11-6-2-4-8-13(11)12;1-9(2,3)8-6-4-5-7-8;;;/h1-5,7-8H,9H2;6-7H,4H2,1-3H3;2*1H;/q2*-1;;;+2/p-2. The largest absolute Gasteiger partial charge is 2.00 e. The molecule has 2 aliphatic rings. The Balaban J connectivity index is 0.000000435. The quantitative estimate of drug-likeness (QED) is 0.418. The van der Waals surface area contributed by atoms with E-state index in [1.165, 1.54) is 27.8 Å². The Kier molecular flexibility index (Phi) is 10.3. The van der Waals surface area contributed by atoms with Gasteiger partial charge in [-0.25, -0.2) is 6.08 Å². The number of hydrogen-bond acceptors (Lipinski definition) is 0. The summed E-state index contributed by atoms with van der Waals surface area (Å²) in [6.07, 6.45) is 9.55. The number of halogens is 2. The first kappa shape index (κ1) is 24.4. The van der Waals surface area contributed by atoms with E-state index in [0.29, 0.717) is 5.41 Å². The molecule has 0 spiro atoms. The molecule has 0 amide bonds. The van der Waals surface area contributed by atoms with Gasteiger partial charge in [0, 0.05) is 0 Å². The van der Waals surface area contributed by atoms with Crippen LogP contribution in [-0.4, -0.2) is 0 Å². The molecule has 0 aliphatic heterocycles. The van der Waals surface area contributed by atoms with E-state index in [2.05, 4.69) is 81.5 Å². The van der Waals surface area contributed by atoms with Crippen molar-refractivity contribution in [2.24, 2.45) is 5.41 Å². The van der Waals surface area contributed by atoms with Crippen molar-refractivity contribution < 1.29 is 51.0 Å². The van der Waals surface area contributed by atoms with Crippen molar-refractivity contribution in [2.75, 3.05) is 0 Å². The van der Waals surface area contributed by atoms with Crippen molar-refractivity contribution in [3.8, 4) is 11.1 Å². The van der Waals surface area contributed by atoms with Gasteiger partial charge in [-0.05, 0) is 6.42 Å². The van der Waals surface area contributed by atoms with Crippen LogP contribution >= 0.6 is 0 Å². The zero-order valence-electron chi connectivity index (χ0n) is 14.9. The van der Waals surface area contributed by atoms with Crippen molar-refractivity contribution in [3.63, 3.8) is 0 Å². The van der Waals surface area contributed by atoms with Crippen molar-refractivity contribution in [1.82, 2.24) is 0 Å². The molecule has 2 aromatic carbocycles. The van der Waals surface area contributed by atoms with Gasteiger partial charge >= 0.3 is 26.2 Å². The summed E-state index contributed by atoms with van der Waals surface area (Å²) in [5.74, 6) is 0. The number of rotatable bonds is 0. The van der Waals surface area contributed by atoms with Gasteiger partial charge < -0.3 is 24.8 Å². The van der Waals surface area contributed by atoms with Crippen LogP contribution in [0, 0.1) is 17.6 Å². The summed E-state index contributed by atoms with van der Waals surface area (Å²) in [6.45, 7) is 6.67. The SMILES string of the molecule is CC(C)(C)C1=CC[C-]=C1.[Cl-].[Cl-].[Zr+2].[c-]1cccc2c1Cc1ccccc1-2. The van der Waals surface area contributed by atoms with Crippen LogP contribution in [0.1, 0.15) is 38.3 Å². The van der Waals surface area contributed by atoms with Gasteiger partial charge in [-0.15, -0.1) is 12.0 Å². The molecule has 130 valence electrons. The van der Waals surface area contributed by atoms with Crippen LogP contribution in [0.25, 0.3) is 11.1 Å². The van der Waals surface area contributed by atoms with E-state index < -0.39 is 0 Å². The molecule has 25 heavy (non-hydrogen) atoms. The van der Waals surface area contributed by atoms with Gasteiger partial charge in [-0.1, -0.05) is 61.6 Å². The molecule has 0 unspecified atom stereocenters. The first-order chi connectivity index (χ1) is 10.6. The Bertz CT molecular complexity index is 696. The molecule has 0 saturated carbocycles. The van der Waals surface area contributed by atoms with Gasteiger partial charge in [0.15, 0.2) is 0 Å². The maximum atomic E-state index is 3.30. The third kappa shape index (κ3) is 5.95. The molecule has 0 heterocycles. The fourth-order valence-corrected chi connectivity index (χ4v) is 2.92. The van der Waals surface area contributed by atoms with E-state index in [-0.39, 0.29) is 51.0 Å². The third-order valence-electron chi connectivity index (χ3n) is 4.18. The summed E-state index contributed by atoms with van der Waals surface area (Å²) in [5.41, 5.74) is 7.25. The van der Waals surface area contributed by atoms with E-state index in [0.717, 1.165) is 12.8 Å². The Hall–Kier alpha value is -0.617. The van der Waals surface area contributed by atoms with E-state index in [1.54, 1.807) is 0 Å². The second-order valence-electron chi connectivity index (χ2n) is 6.86. The monoisotopic (exact) mass is 446 g/mol. The summed E-state index contributed by atoms with van der Waals surface area (Å²) in [5, 5.41) is 0. The van der Waals surface area contributed by atoms with Crippen LogP contribution in [0.4, 0.5) is 0 Å². The molecule has 2 aromatic rings. The van der Waals surface area contributed by atoms with Crippen molar-refractivity contribution >= 4 is 0 Å². The third-order valence-corrected chi connectivity index (χ3v) is 4.18. The average molecular weight is 449 g/mol. The molecule has 0 aromatic heterocycles. The van der Waals surface area contributed by atoms with Crippen LogP contribution in [0.15, 0.2) is 60.2 Å². The van der Waals surface area contributed by atoms with Crippen LogP contribution in [0.3, 0.4) is 0 Å². The van der Waals surface area contributed by atoms with Gasteiger partial charge in [0.2, 0.25) is 0 Å². The first-order valence-electron chi connectivity index (χ1n) is 7.91. The molecule has 0 fully saturated rings. The van der Waals surface area contributed by atoms with Crippen LogP contribution < -0.4 is 24.8 Å². The Morgan fingerprint density at radius 2 is 1.60 bits per heavy atom. The molecular formula is C22H22Cl2Zr-2. The smallest absolute Gasteiger partial charge is 1.00 e. The summed E-state index contributed by atoms with van der Waals surface area (Å²) >= 11 is 0. The minimum Gasteiger partial charge on any atom is -1.00 e. The normalized spacial score (nSPS) is 13.0. The number of benzene rings is 2. The van der Waals surface area contributed by atoms with Crippen molar-refractivity contribution in [2.45, 2.75) is 33.6 Å². The predicted octanol–water partition coefficient (Wildman–Crippen LogP) is -0.215. The molecular weight excluding hydrogens is 426 g/mol. The van der Waals surface area contributed by atoms with Crippen molar-refractivity contribution in [1.29, 1.82) is 0 Å². The van der Waals surface area contributed by atoms with Gasteiger partial charge in [-0.2, -0.15) is 41.5 Å². The van der Waals surface area contributed by atoms with E-state index in [4.69, 9.17) is 0 Å². The number of fused-ring (bicyclic) bond motifs is 3. The minimum atomic E-state index is 0. The van der Waals surface area contributed by atoms with Gasteiger partial charge in [0.25, 0.3) is 0 Å². The fourth-order valence-electron chi connectivity index (χ4n) is 2.92.